The van der Waals surface area contributed by atoms with Gasteiger partial charge in [0.25, 0.3) is 0 Å². The molecule has 0 aromatic heterocycles. The van der Waals surface area contributed by atoms with Crippen molar-refractivity contribution in [3.8, 4) is 5.75 Å². The van der Waals surface area contributed by atoms with E-state index in [1.807, 2.05) is 6.92 Å². The van der Waals surface area contributed by atoms with Crippen molar-refractivity contribution in [2.24, 2.45) is 5.92 Å². The third-order valence-corrected chi connectivity index (χ3v) is 6.82. The van der Waals surface area contributed by atoms with Crippen LogP contribution in [0.5, 0.6) is 5.75 Å². The molecule has 146 valence electrons. The lowest BCUT2D eigenvalue weighted by molar-refractivity contribution is -0.120. The van der Waals surface area contributed by atoms with Crippen LogP contribution >= 0.6 is 12.4 Å². The van der Waals surface area contributed by atoms with Gasteiger partial charge >= 0.3 is 0 Å². The zero-order chi connectivity index (χ0) is 18.0. The normalized spacial score (nSPS) is 24.0. The lowest BCUT2D eigenvalue weighted by Gasteiger charge is -2.27. The van der Waals surface area contributed by atoms with Crippen molar-refractivity contribution >= 4 is 34.0 Å². The van der Waals surface area contributed by atoms with Crippen LogP contribution < -0.4 is 10.6 Å². The molecule has 0 aliphatic carbocycles. The van der Waals surface area contributed by atoms with Crippen molar-refractivity contribution in [3.63, 3.8) is 0 Å². The molecule has 2 fully saturated rings. The predicted octanol–water partition coefficient (Wildman–Crippen LogP) is 1.93. The van der Waals surface area contributed by atoms with Crippen LogP contribution in [0.15, 0.2) is 23.1 Å². The molecule has 2 saturated heterocycles. The molecule has 2 atom stereocenters. The second kappa shape index (κ2) is 8.56. The molecule has 1 aromatic rings. The molecule has 0 unspecified atom stereocenters. The summed E-state index contributed by atoms with van der Waals surface area (Å²) in [6, 6.07) is 4.32. The summed E-state index contributed by atoms with van der Waals surface area (Å²) < 4.78 is 26.7. The van der Waals surface area contributed by atoms with E-state index in [0.29, 0.717) is 13.1 Å². The molecule has 9 heteroatoms. The molecule has 2 aliphatic rings. The molecule has 1 aromatic carbocycles. The third-order valence-electron chi connectivity index (χ3n) is 4.92. The van der Waals surface area contributed by atoms with Gasteiger partial charge < -0.3 is 15.7 Å². The highest BCUT2D eigenvalue weighted by Crippen LogP contribution is 2.30. The van der Waals surface area contributed by atoms with E-state index in [1.54, 1.807) is 0 Å². The van der Waals surface area contributed by atoms with Crippen molar-refractivity contribution in [2.75, 3.05) is 25.0 Å². The number of rotatable bonds is 4. The summed E-state index contributed by atoms with van der Waals surface area (Å²) in [4.78, 5) is 12.6. The number of anilines is 1. The maximum atomic E-state index is 12.7. The number of aromatic hydroxyl groups is 1. The van der Waals surface area contributed by atoms with Gasteiger partial charge in [-0.1, -0.05) is 0 Å². The van der Waals surface area contributed by atoms with E-state index in [0.717, 1.165) is 32.2 Å². The van der Waals surface area contributed by atoms with Crippen molar-refractivity contribution in [1.82, 2.24) is 9.62 Å². The van der Waals surface area contributed by atoms with Gasteiger partial charge in [0, 0.05) is 25.0 Å². The molecule has 7 nitrogen and oxygen atoms in total. The Hall–Kier alpha value is -1.35. The third kappa shape index (κ3) is 4.49. The van der Waals surface area contributed by atoms with Gasteiger partial charge in [-0.15, -0.1) is 12.4 Å². The highest BCUT2D eigenvalue weighted by molar-refractivity contribution is 7.89. The summed E-state index contributed by atoms with van der Waals surface area (Å²) in [6.45, 7) is 3.82. The Morgan fingerprint density at radius 3 is 2.65 bits per heavy atom. The Morgan fingerprint density at radius 2 is 2.00 bits per heavy atom. The Balaban J connectivity index is 0.00000243. The summed E-state index contributed by atoms with van der Waals surface area (Å²) in [6.07, 6.45) is 3.16. The number of nitrogens with zero attached hydrogens (tertiary/aromatic N) is 1. The van der Waals surface area contributed by atoms with Crippen molar-refractivity contribution in [3.05, 3.63) is 18.2 Å². The number of phenols is 1. The number of piperidine rings is 1. The van der Waals surface area contributed by atoms with Crippen LogP contribution in [-0.2, 0) is 14.8 Å². The molecular formula is C17H26ClN3O4S. The van der Waals surface area contributed by atoms with E-state index in [9.17, 15) is 18.3 Å². The summed E-state index contributed by atoms with van der Waals surface area (Å²) in [7, 11) is -3.59. The summed E-state index contributed by atoms with van der Waals surface area (Å²) in [5, 5.41) is 16.0. The van der Waals surface area contributed by atoms with Crippen LogP contribution in [-0.4, -0.2) is 49.4 Å². The minimum Gasteiger partial charge on any atom is -0.506 e. The van der Waals surface area contributed by atoms with E-state index in [1.165, 1.54) is 22.5 Å². The predicted molar refractivity (Wildman–Crippen MR) is 102 cm³/mol. The number of carbonyl (C=O) groups excluding carboxylic acids is 1. The number of amides is 1. The molecule has 2 aliphatic heterocycles. The first-order valence-electron chi connectivity index (χ1n) is 8.75. The Morgan fingerprint density at radius 1 is 1.31 bits per heavy atom. The number of hydrogen-bond acceptors (Lipinski definition) is 5. The molecule has 2 heterocycles. The number of sulfonamides is 1. The summed E-state index contributed by atoms with van der Waals surface area (Å²) >= 11 is 0. The zero-order valence-corrected chi connectivity index (χ0v) is 16.4. The topological polar surface area (TPSA) is 98.7 Å². The maximum Gasteiger partial charge on any atom is 0.243 e. The minimum absolute atomic E-state index is 0. The molecule has 26 heavy (non-hydrogen) atoms. The van der Waals surface area contributed by atoms with Gasteiger partial charge in [-0.25, -0.2) is 8.42 Å². The number of benzene rings is 1. The van der Waals surface area contributed by atoms with E-state index in [4.69, 9.17) is 0 Å². The number of halogens is 1. The Bertz CT molecular complexity index is 750. The monoisotopic (exact) mass is 403 g/mol. The fourth-order valence-electron chi connectivity index (χ4n) is 3.46. The lowest BCUT2D eigenvalue weighted by atomic mass is 9.92. The fourth-order valence-corrected chi connectivity index (χ4v) is 5.00. The first kappa shape index (κ1) is 21.0. The Kier molecular flexibility index (Phi) is 6.90. The largest absolute Gasteiger partial charge is 0.506 e. The number of carbonyl (C=O) groups is 1. The fraction of sp³-hybridized carbons (Fsp3) is 0.588. The second-order valence-electron chi connectivity index (χ2n) is 6.86. The number of hydrogen-bond donors (Lipinski definition) is 3. The quantitative estimate of drug-likeness (QED) is 0.667. The van der Waals surface area contributed by atoms with Crippen molar-refractivity contribution in [2.45, 2.75) is 43.5 Å². The number of nitrogens with one attached hydrogen (secondary N) is 2. The molecule has 0 bridgehead atoms. The summed E-state index contributed by atoms with van der Waals surface area (Å²) in [5.41, 5.74) is 0.149. The van der Waals surface area contributed by atoms with Crippen LogP contribution in [0.25, 0.3) is 0 Å². The first-order valence-corrected chi connectivity index (χ1v) is 10.2. The van der Waals surface area contributed by atoms with E-state index in [2.05, 4.69) is 10.6 Å². The highest BCUT2D eigenvalue weighted by atomic mass is 35.5. The average Bonchev–Trinajstić information content (AvgIpc) is 3.12. The van der Waals surface area contributed by atoms with Gasteiger partial charge in [0.2, 0.25) is 15.9 Å². The van der Waals surface area contributed by atoms with Crippen LogP contribution in [0.2, 0.25) is 0 Å². The molecule has 3 rings (SSSR count). The van der Waals surface area contributed by atoms with E-state index >= 15 is 0 Å². The zero-order valence-electron chi connectivity index (χ0n) is 14.8. The van der Waals surface area contributed by atoms with Gasteiger partial charge in [0.1, 0.15) is 5.75 Å². The van der Waals surface area contributed by atoms with Crippen LogP contribution in [0.1, 0.15) is 32.6 Å². The molecule has 1 amide bonds. The molecule has 0 spiro atoms. The maximum absolute atomic E-state index is 12.7. The molecule has 0 saturated carbocycles. The number of phenolic OH excluding ortho intramolecular Hbond substituents is 1. The molecular weight excluding hydrogens is 378 g/mol. The SMILES string of the molecule is C[C@H]1C[C@@H](C(=O)Nc2cc(S(=O)(=O)N3CCCC3)ccc2O)CCN1.Cl. The van der Waals surface area contributed by atoms with Gasteiger partial charge in [0.05, 0.1) is 10.6 Å². The average molecular weight is 404 g/mol. The molecule has 0 radical (unpaired) electrons. The second-order valence-corrected chi connectivity index (χ2v) is 8.79. The molecule has 3 N–H and O–H groups in total. The van der Waals surface area contributed by atoms with Gasteiger partial charge in [-0.3, -0.25) is 4.79 Å². The lowest BCUT2D eigenvalue weighted by Crippen LogP contribution is -2.40. The van der Waals surface area contributed by atoms with Crippen molar-refractivity contribution < 1.29 is 18.3 Å². The van der Waals surface area contributed by atoms with Gasteiger partial charge in [-0.2, -0.15) is 4.31 Å². The van der Waals surface area contributed by atoms with Crippen LogP contribution in [0, 0.1) is 5.92 Å². The van der Waals surface area contributed by atoms with Gasteiger partial charge in [-0.05, 0) is 57.4 Å². The van der Waals surface area contributed by atoms with E-state index in [-0.39, 0.29) is 46.6 Å². The minimum atomic E-state index is -3.59. The van der Waals surface area contributed by atoms with Crippen molar-refractivity contribution in [1.29, 1.82) is 0 Å². The van der Waals surface area contributed by atoms with Gasteiger partial charge in [0.15, 0.2) is 0 Å². The standard InChI is InChI=1S/C17H25N3O4S.ClH/c1-12-10-13(6-7-18-12)17(22)19-15-11-14(4-5-16(15)21)25(23,24)20-8-2-3-9-20;/h4-5,11-13,18,21H,2-3,6-10H2,1H3,(H,19,22);1H/t12-,13-;/m0./s1. The smallest absolute Gasteiger partial charge is 0.243 e. The summed E-state index contributed by atoms with van der Waals surface area (Å²) in [5.74, 6) is -0.454. The van der Waals surface area contributed by atoms with Crippen LogP contribution in [0.4, 0.5) is 5.69 Å². The van der Waals surface area contributed by atoms with Crippen LogP contribution in [0.3, 0.4) is 0 Å². The Labute approximate surface area is 160 Å². The first-order chi connectivity index (χ1) is 11.9. The highest BCUT2D eigenvalue weighted by Gasteiger charge is 2.29. The van der Waals surface area contributed by atoms with E-state index < -0.39 is 10.0 Å².